The Kier molecular flexibility index (Phi) is 2.96. The number of hydrogen-bond donors (Lipinski definition) is 1. The SMILES string of the molecule is Cc1cccc(C)c1Nc1cccc2ccccc12. The Balaban J connectivity index is 2.11. The van der Waals surface area contributed by atoms with Crippen LogP contribution in [0.4, 0.5) is 11.4 Å². The van der Waals surface area contributed by atoms with Gasteiger partial charge in [0.05, 0.1) is 0 Å². The lowest BCUT2D eigenvalue weighted by Gasteiger charge is -2.14. The fraction of sp³-hybridized carbons (Fsp3) is 0.111. The molecule has 1 nitrogen and oxygen atoms in total. The van der Waals surface area contributed by atoms with E-state index in [1.165, 1.54) is 27.6 Å². The van der Waals surface area contributed by atoms with E-state index in [1.807, 2.05) is 0 Å². The van der Waals surface area contributed by atoms with E-state index in [1.54, 1.807) is 0 Å². The Morgan fingerprint density at radius 3 is 2.11 bits per heavy atom. The van der Waals surface area contributed by atoms with Crippen LogP contribution in [0.5, 0.6) is 0 Å². The minimum absolute atomic E-state index is 1.16. The third-order valence-corrected chi connectivity index (χ3v) is 3.53. The van der Waals surface area contributed by atoms with Crippen LogP contribution in [0.1, 0.15) is 11.1 Å². The van der Waals surface area contributed by atoms with Gasteiger partial charge >= 0.3 is 0 Å². The van der Waals surface area contributed by atoms with Gasteiger partial charge in [-0.2, -0.15) is 0 Å². The normalized spacial score (nSPS) is 10.6. The van der Waals surface area contributed by atoms with E-state index in [2.05, 4.69) is 79.8 Å². The summed E-state index contributed by atoms with van der Waals surface area (Å²) in [5.74, 6) is 0. The first-order valence-corrected chi connectivity index (χ1v) is 6.57. The Bertz CT molecular complexity index is 703. The van der Waals surface area contributed by atoms with Gasteiger partial charge in [-0.25, -0.2) is 0 Å². The third kappa shape index (κ3) is 2.19. The molecule has 1 heteroatoms. The molecule has 0 saturated carbocycles. The van der Waals surface area contributed by atoms with Crippen LogP contribution in [0.25, 0.3) is 10.8 Å². The number of fused-ring (bicyclic) bond motifs is 1. The molecule has 0 aromatic heterocycles. The zero-order chi connectivity index (χ0) is 13.2. The second kappa shape index (κ2) is 4.77. The lowest BCUT2D eigenvalue weighted by Crippen LogP contribution is -1.96. The summed E-state index contributed by atoms with van der Waals surface area (Å²) < 4.78 is 0. The number of benzene rings is 3. The molecule has 0 saturated heterocycles. The predicted octanol–water partition coefficient (Wildman–Crippen LogP) is 5.20. The molecule has 1 N–H and O–H groups in total. The summed E-state index contributed by atoms with van der Waals surface area (Å²) >= 11 is 0. The van der Waals surface area contributed by atoms with Gasteiger partial charge in [-0.1, -0.05) is 54.6 Å². The average molecular weight is 247 g/mol. The maximum absolute atomic E-state index is 3.58. The number of rotatable bonds is 2. The maximum atomic E-state index is 3.58. The molecule has 0 spiro atoms. The smallest absolute Gasteiger partial charge is 0.0464 e. The molecular weight excluding hydrogens is 230 g/mol. The number of aryl methyl sites for hydroxylation is 2. The summed E-state index contributed by atoms with van der Waals surface area (Å²) in [5, 5.41) is 6.10. The van der Waals surface area contributed by atoms with Gasteiger partial charge in [-0.15, -0.1) is 0 Å². The first-order chi connectivity index (χ1) is 9.25. The molecule has 0 heterocycles. The summed E-state index contributed by atoms with van der Waals surface area (Å²) in [6.45, 7) is 4.28. The van der Waals surface area contributed by atoms with Gasteiger partial charge in [0, 0.05) is 16.8 Å². The van der Waals surface area contributed by atoms with Gasteiger partial charge in [0.25, 0.3) is 0 Å². The van der Waals surface area contributed by atoms with Crippen molar-refractivity contribution in [3.8, 4) is 0 Å². The van der Waals surface area contributed by atoms with Crippen LogP contribution in [0, 0.1) is 13.8 Å². The molecule has 3 aromatic carbocycles. The van der Waals surface area contributed by atoms with Crippen molar-refractivity contribution in [2.75, 3.05) is 5.32 Å². The fourth-order valence-electron chi connectivity index (χ4n) is 2.48. The van der Waals surface area contributed by atoms with Crippen molar-refractivity contribution in [3.05, 3.63) is 71.8 Å². The Labute approximate surface area is 113 Å². The van der Waals surface area contributed by atoms with Crippen LogP contribution in [-0.4, -0.2) is 0 Å². The summed E-state index contributed by atoms with van der Waals surface area (Å²) in [6.07, 6.45) is 0. The molecule has 0 aliphatic rings. The average Bonchev–Trinajstić information content (AvgIpc) is 2.43. The predicted molar refractivity (Wildman–Crippen MR) is 83.1 cm³/mol. The number of hydrogen-bond acceptors (Lipinski definition) is 1. The first kappa shape index (κ1) is 11.8. The third-order valence-electron chi connectivity index (χ3n) is 3.53. The number of nitrogens with one attached hydrogen (secondary N) is 1. The highest BCUT2D eigenvalue weighted by atomic mass is 14.9. The van der Waals surface area contributed by atoms with Gasteiger partial charge in [-0.05, 0) is 36.4 Å². The van der Waals surface area contributed by atoms with Gasteiger partial charge in [0.2, 0.25) is 0 Å². The van der Waals surface area contributed by atoms with Crippen LogP contribution < -0.4 is 5.32 Å². The van der Waals surface area contributed by atoms with Gasteiger partial charge in [0.15, 0.2) is 0 Å². The van der Waals surface area contributed by atoms with Gasteiger partial charge in [-0.3, -0.25) is 0 Å². The van der Waals surface area contributed by atoms with Crippen molar-refractivity contribution in [1.29, 1.82) is 0 Å². The van der Waals surface area contributed by atoms with Crippen molar-refractivity contribution >= 4 is 22.1 Å². The number of para-hydroxylation sites is 1. The molecule has 0 fully saturated rings. The Morgan fingerprint density at radius 1 is 0.684 bits per heavy atom. The molecule has 94 valence electrons. The van der Waals surface area contributed by atoms with E-state index in [0.29, 0.717) is 0 Å². The quantitative estimate of drug-likeness (QED) is 0.656. The zero-order valence-corrected chi connectivity index (χ0v) is 11.3. The molecule has 0 atom stereocenters. The van der Waals surface area contributed by atoms with Crippen molar-refractivity contribution in [2.45, 2.75) is 13.8 Å². The topological polar surface area (TPSA) is 12.0 Å². The van der Waals surface area contributed by atoms with Crippen LogP contribution in [0.15, 0.2) is 60.7 Å². The summed E-state index contributed by atoms with van der Waals surface area (Å²) in [5.41, 5.74) is 4.91. The van der Waals surface area contributed by atoms with Crippen LogP contribution in [0.3, 0.4) is 0 Å². The van der Waals surface area contributed by atoms with Crippen LogP contribution >= 0.6 is 0 Å². The molecule has 19 heavy (non-hydrogen) atoms. The van der Waals surface area contributed by atoms with Crippen molar-refractivity contribution in [1.82, 2.24) is 0 Å². The lowest BCUT2D eigenvalue weighted by atomic mass is 10.1. The molecular formula is C18H17N. The van der Waals surface area contributed by atoms with E-state index in [0.717, 1.165) is 5.69 Å². The van der Waals surface area contributed by atoms with Crippen LogP contribution in [0.2, 0.25) is 0 Å². The van der Waals surface area contributed by atoms with Crippen molar-refractivity contribution < 1.29 is 0 Å². The zero-order valence-electron chi connectivity index (χ0n) is 11.3. The van der Waals surface area contributed by atoms with Gasteiger partial charge < -0.3 is 5.32 Å². The van der Waals surface area contributed by atoms with Crippen molar-refractivity contribution in [3.63, 3.8) is 0 Å². The van der Waals surface area contributed by atoms with E-state index in [4.69, 9.17) is 0 Å². The first-order valence-electron chi connectivity index (χ1n) is 6.57. The molecule has 3 aromatic rings. The maximum Gasteiger partial charge on any atom is 0.0464 e. The minimum atomic E-state index is 1.16. The number of anilines is 2. The summed E-state index contributed by atoms with van der Waals surface area (Å²) in [4.78, 5) is 0. The van der Waals surface area contributed by atoms with Crippen LogP contribution in [-0.2, 0) is 0 Å². The standard InChI is InChI=1S/C18H17N/c1-13-7-5-8-14(2)18(13)19-17-12-6-10-15-9-3-4-11-16(15)17/h3-12,19H,1-2H3. The minimum Gasteiger partial charge on any atom is -0.355 e. The van der Waals surface area contributed by atoms with E-state index < -0.39 is 0 Å². The molecule has 0 radical (unpaired) electrons. The molecule has 0 aliphatic carbocycles. The largest absolute Gasteiger partial charge is 0.355 e. The summed E-state index contributed by atoms with van der Waals surface area (Å²) in [6, 6.07) is 21.2. The van der Waals surface area contributed by atoms with E-state index in [9.17, 15) is 0 Å². The highest BCUT2D eigenvalue weighted by Gasteiger charge is 2.04. The molecule has 0 bridgehead atoms. The second-order valence-electron chi connectivity index (χ2n) is 4.92. The molecule has 3 rings (SSSR count). The lowest BCUT2D eigenvalue weighted by molar-refractivity contribution is 1.36. The van der Waals surface area contributed by atoms with Gasteiger partial charge in [0.1, 0.15) is 0 Å². The molecule has 0 unspecified atom stereocenters. The summed E-state index contributed by atoms with van der Waals surface area (Å²) in [7, 11) is 0. The monoisotopic (exact) mass is 247 g/mol. The highest BCUT2D eigenvalue weighted by molar-refractivity contribution is 5.95. The van der Waals surface area contributed by atoms with E-state index in [-0.39, 0.29) is 0 Å². The second-order valence-corrected chi connectivity index (χ2v) is 4.92. The Hall–Kier alpha value is -2.28. The molecule has 0 aliphatic heterocycles. The fourth-order valence-corrected chi connectivity index (χ4v) is 2.48. The van der Waals surface area contributed by atoms with E-state index >= 15 is 0 Å². The highest BCUT2D eigenvalue weighted by Crippen LogP contribution is 2.29. The Morgan fingerprint density at radius 2 is 1.32 bits per heavy atom. The van der Waals surface area contributed by atoms with Crippen molar-refractivity contribution in [2.24, 2.45) is 0 Å². The molecule has 0 amide bonds.